The van der Waals surface area contributed by atoms with Crippen LogP contribution in [0.1, 0.15) is 22.3 Å². The molecule has 0 aromatic heterocycles. The summed E-state index contributed by atoms with van der Waals surface area (Å²) in [4.78, 5) is 14.1. The molecule has 0 radical (unpaired) electrons. The number of hydrogen-bond donors (Lipinski definition) is 0. The van der Waals surface area contributed by atoms with Crippen LogP contribution < -0.4 is 9.47 Å². The Hall–Kier alpha value is -2.01. The minimum Gasteiger partial charge on any atom is -0.493 e. The third-order valence-electron chi connectivity index (χ3n) is 3.86. The quantitative estimate of drug-likeness (QED) is 0.795. The van der Waals surface area contributed by atoms with E-state index < -0.39 is 0 Å². The van der Waals surface area contributed by atoms with E-state index in [1.807, 2.05) is 29.2 Å². The van der Waals surface area contributed by atoms with Crippen molar-refractivity contribution < 1.29 is 14.3 Å². The first-order valence-corrected chi connectivity index (χ1v) is 8.31. The maximum absolute atomic E-state index is 12.2. The number of halogens is 1. The van der Waals surface area contributed by atoms with E-state index in [9.17, 15) is 4.79 Å². The highest BCUT2D eigenvalue weighted by atomic mass is 79.9. The lowest BCUT2D eigenvalue weighted by molar-refractivity contribution is 0.0651. The molecule has 4 nitrogen and oxygen atoms in total. The normalized spacial score (nSPS) is 13.4. The lowest BCUT2D eigenvalue weighted by atomic mass is 10.1. The van der Waals surface area contributed by atoms with E-state index >= 15 is 0 Å². The van der Waals surface area contributed by atoms with Gasteiger partial charge in [-0.15, -0.1) is 0 Å². The summed E-state index contributed by atoms with van der Waals surface area (Å²) < 4.78 is 12.2. The number of carbonyl (C=O) groups is 1. The molecule has 0 saturated carbocycles. The third kappa shape index (κ3) is 3.67. The fraction of sp³-hybridized carbons (Fsp3) is 0.278. The number of carbonyl (C=O) groups excluding carboxylic acids is 1. The second-order valence-corrected chi connectivity index (χ2v) is 6.34. The van der Waals surface area contributed by atoms with Gasteiger partial charge in [0.1, 0.15) is 6.61 Å². The van der Waals surface area contributed by atoms with Crippen LogP contribution in [0.25, 0.3) is 0 Å². The van der Waals surface area contributed by atoms with Crippen LogP contribution in [-0.4, -0.2) is 31.0 Å². The zero-order valence-electron chi connectivity index (χ0n) is 12.9. The van der Waals surface area contributed by atoms with E-state index in [1.165, 1.54) is 0 Å². The van der Waals surface area contributed by atoms with Crippen LogP contribution in [0.4, 0.5) is 0 Å². The zero-order chi connectivity index (χ0) is 16.2. The monoisotopic (exact) mass is 375 g/mol. The maximum atomic E-state index is 12.2. The molecule has 1 aliphatic heterocycles. The highest BCUT2D eigenvalue weighted by Gasteiger charge is 2.22. The van der Waals surface area contributed by atoms with Gasteiger partial charge in [-0.2, -0.15) is 0 Å². The van der Waals surface area contributed by atoms with Crippen molar-refractivity contribution in [3.8, 4) is 11.5 Å². The Balaban J connectivity index is 1.71. The molecule has 2 aromatic carbocycles. The molecule has 1 aliphatic rings. The number of hydrogen-bond acceptors (Lipinski definition) is 3. The number of ether oxygens (including phenoxy) is 2. The summed E-state index contributed by atoms with van der Waals surface area (Å²) in [6.45, 7) is 2.12. The molecule has 0 N–H and O–H groups in total. The third-order valence-corrected chi connectivity index (χ3v) is 4.39. The van der Waals surface area contributed by atoms with Crippen molar-refractivity contribution in [1.29, 1.82) is 0 Å². The molecule has 3 rings (SSSR count). The fourth-order valence-electron chi connectivity index (χ4n) is 2.36. The molecule has 120 valence electrons. The van der Waals surface area contributed by atoms with E-state index in [-0.39, 0.29) is 5.91 Å². The number of benzene rings is 2. The largest absolute Gasteiger partial charge is 0.493 e. The molecule has 0 atom stereocenters. The molecule has 1 amide bonds. The molecule has 0 unspecified atom stereocenters. The summed E-state index contributed by atoms with van der Waals surface area (Å²) in [6.07, 6.45) is 1.08. The van der Waals surface area contributed by atoms with E-state index in [2.05, 4.69) is 15.9 Å². The van der Waals surface area contributed by atoms with Crippen molar-refractivity contribution in [2.24, 2.45) is 0 Å². The van der Waals surface area contributed by atoms with Gasteiger partial charge in [-0.05, 0) is 42.3 Å². The predicted octanol–water partition coefficient (Wildman–Crippen LogP) is 3.88. The lowest BCUT2D eigenvalue weighted by Gasteiger charge is -2.31. The van der Waals surface area contributed by atoms with Crippen molar-refractivity contribution >= 4 is 21.8 Å². The van der Waals surface area contributed by atoms with Gasteiger partial charge in [-0.1, -0.05) is 28.1 Å². The topological polar surface area (TPSA) is 38.8 Å². The highest BCUT2D eigenvalue weighted by molar-refractivity contribution is 9.10. The Morgan fingerprint density at radius 1 is 1.13 bits per heavy atom. The summed E-state index contributed by atoms with van der Waals surface area (Å²) >= 11 is 3.41. The summed E-state index contributed by atoms with van der Waals surface area (Å²) in [6, 6.07) is 13.3. The minimum absolute atomic E-state index is 0.0500. The number of likely N-dealkylation sites (tertiary alicyclic amines) is 1. The van der Waals surface area contributed by atoms with Crippen molar-refractivity contribution in [3.63, 3.8) is 0 Å². The van der Waals surface area contributed by atoms with E-state index in [0.29, 0.717) is 23.7 Å². The average molecular weight is 376 g/mol. The Labute approximate surface area is 144 Å². The molecule has 0 spiro atoms. The van der Waals surface area contributed by atoms with Crippen LogP contribution in [0.3, 0.4) is 0 Å². The van der Waals surface area contributed by atoms with Crippen molar-refractivity contribution in [2.45, 2.75) is 13.0 Å². The first-order chi connectivity index (χ1) is 11.2. The Bertz CT molecular complexity index is 696. The Morgan fingerprint density at radius 2 is 1.87 bits per heavy atom. The van der Waals surface area contributed by atoms with Crippen LogP contribution in [0.15, 0.2) is 46.9 Å². The van der Waals surface area contributed by atoms with Gasteiger partial charge in [-0.3, -0.25) is 4.79 Å². The standard InChI is InChI=1S/C18H18BrNO3/c1-22-17-11-14(18(21)20-9-2-10-20)5-8-16(17)23-12-13-3-6-15(19)7-4-13/h3-8,11H,2,9-10,12H2,1H3. The molecule has 1 heterocycles. The van der Waals surface area contributed by atoms with Crippen molar-refractivity contribution in [1.82, 2.24) is 4.90 Å². The van der Waals surface area contributed by atoms with Crippen molar-refractivity contribution in [3.05, 3.63) is 58.1 Å². The van der Waals surface area contributed by atoms with Gasteiger partial charge < -0.3 is 14.4 Å². The number of methoxy groups -OCH3 is 1. The van der Waals surface area contributed by atoms with E-state index in [1.54, 1.807) is 25.3 Å². The Morgan fingerprint density at radius 3 is 2.48 bits per heavy atom. The summed E-state index contributed by atoms with van der Waals surface area (Å²) in [7, 11) is 1.58. The molecule has 1 fully saturated rings. The average Bonchev–Trinajstić information content (AvgIpc) is 2.52. The summed E-state index contributed by atoms with van der Waals surface area (Å²) in [5, 5.41) is 0. The van der Waals surface area contributed by atoms with Crippen LogP contribution in [0.2, 0.25) is 0 Å². The van der Waals surface area contributed by atoms with Crippen molar-refractivity contribution in [2.75, 3.05) is 20.2 Å². The van der Waals surface area contributed by atoms with Gasteiger partial charge in [0.05, 0.1) is 7.11 Å². The van der Waals surface area contributed by atoms with Gasteiger partial charge in [0.15, 0.2) is 11.5 Å². The van der Waals surface area contributed by atoms with Gasteiger partial charge in [-0.25, -0.2) is 0 Å². The summed E-state index contributed by atoms with van der Waals surface area (Å²) in [5.74, 6) is 1.26. The van der Waals surface area contributed by atoms with Crippen LogP contribution in [0.5, 0.6) is 11.5 Å². The van der Waals surface area contributed by atoms with Crippen LogP contribution in [-0.2, 0) is 6.61 Å². The Kier molecular flexibility index (Phi) is 4.86. The van der Waals surface area contributed by atoms with E-state index in [0.717, 1.165) is 29.5 Å². The first-order valence-electron chi connectivity index (χ1n) is 7.52. The van der Waals surface area contributed by atoms with Gasteiger partial charge in [0.25, 0.3) is 5.91 Å². The molecular formula is C18H18BrNO3. The number of rotatable bonds is 5. The minimum atomic E-state index is 0.0500. The highest BCUT2D eigenvalue weighted by Crippen LogP contribution is 2.30. The number of amides is 1. The second-order valence-electron chi connectivity index (χ2n) is 5.43. The number of nitrogens with zero attached hydrogens (tertiary/aromatic N) is 1. The molecule has 5 heteroatoms. The van der Waals surface area contributed by atoms with Crippen LogP contribution in [0, 0.1) is 0 Å². The van der Waals surface area contributed by atoms with Gasteiger partial charge in [0, 0.05) is 23.1 Å². The SMILES string of the molecule is COc1cc(C(=O)N2CCC2)ccc1OCc1ccc(Br)cc1. The van der Waals surface area contributed by atoms with Gasteiger partial charge in [0.2, 0.25) is 0 Å². The fourth-order valence-corrected chi connectivity index (χ4v) is 2.63. The maximum Gasteiger partial charge on any atom is 0.253 e. The van der Waals surface area contributed by atoms with E-state index in [4.69, 9.17) is 9.47 Å². The first kappa shape index (κ1) is 15.9. The predicted molar refractivity (Wildman–Crippen MR) is 92.0 cm³/mol. The molecule has 2 aromatic rings. The van der Waals surface area contributed by atoms with Crippen LogP contribution >= 0.6 is 15.9 Å². The second kappa shape index (κ2) is 7.04. The lowest BCUT2D eigenvalue weighted by Crippen LogP contribution is -2.41. The smallest absolute Gasteiger partial charge is 0.253 e. The summed E-state index contributed by atoms with van der Waals surface area (Å²) in [5.41, 5.74) is 1.70. The van der Waals surface area contributed by atoms with Gasteiger partial charge >= 0.3 is 0 Å². The molecule has 1 saturated heterocycles. The zero-order valence-corrected chi connectivity index (χ0v) is 14.5. The molecule has 0 bridgehead atoms. The molecule has 0 aliphatic carbocycles. The molecule has 23 heavy (non-hydrogen) atoms. The molecular weight excluding hydrogens is 358 g/mol.